The molecule has 0 aliphatic rings. The molecule has 0 heterocycles. The van der Waals surface area contributed by atoms with Crippen molar-refractivity contribution in [2.45, 2.75) is 53.4 Å². The fraction of sp³-hybridized carbons (Fsp3) is 0.600. The maximum Gasteiger partial charge on any atom is -0.0162 e. The van der Waals surface area contributed by atoms with Crippen LogP contribution in [-0.2, 0) is 0 Å². The van der Waals surface area contributed by atoms with E-state index in [1.807, 2.05) is 0 Å². The Bertz CT molecular complexity index is 224. The number of allylic oxidation sites excluding steroid dienone is 5. The van der Waals surface area contributed by atoms with Crippen LogP contribution in [0.25, 0.3) is 0 Å². The van der Waals surface area contributed by atoms with Crippen LogP contribution < -0.4 is 0 Å². The molecule has 0 spiro atoms. The van der Waals surface area contributed by atoms with E-state index in [2.05, 4.69) is 52.5 Å². The van der Waals surface area contributed by atoms with Crippen molar-refractivity contribution in [3.05, 3.63) is 36.0 Å². The Kier molecular flexibility index (Phi) is 8.08. The van der Waals surface area contributed by atoms with E-state index < -0.39 is 0 Å². The Labute approximate surface area is 95.8 Å². The summed E-state index contributed by atoms with van der Waals surface area (Å²) in [7, 11) is 0. The minimum absolute atomic E-state index is 0.669. The smallest absolute Gasteiger partial charge is 0.0162 e. The molecule has 0 fully saturated rings. The largest absolute Gasteiger partial charge is 0.0950 e. The van der Waals surface area contributed by atoms with E-state index in [1.54, 1.807) is 0 Å². The van der Waals surface area contributed by atoms with Gasteiger partial charge in [0.1, 0.15) is 0 Å². The summed E-state index contributed by atoms with van der Waals surface area (Å²) in [5.41, 5.74) is 2.63. The third kappa shape index (κ3) is 5.01. The molecule has 0 bridgehead atoms. The molecule has 0 rings (SSSR count). The van der Waals surface area contributed by atoms with Crippen LogP contribution in [0.1, 0.15) is 53.4 Å². The molecule has 0 atom stereocenters. The van der Waals surface area contributed by atoms with Gasteiger partial charge in [-0.05, 0) is 43.8 Å². The lowest BCUT2D eigenvalue weighted by Gasteiger charge is -2.19. The van der Waals surface area contributed by atoms with Crippen molar-refractivity contribution in [2.75, 3.05) is 0 Å². The summed E-state index contributed by atoms with van der Waals surface area (Å²) in [5.74, 6) is 0.669. The molecule has 0 aliphatic heterocycles. The highest BCUT2D eigenvalue weighted by Gasteiger charge is 2.12. The average molecular weight is 206 g/mol. The molecular formula is C15H26. The zero-order valence-corrected chi connectivity index (χ0v) is 10.8. The van der Waals surface area contributed by atoms with Crippen LogP contribution in [0.5, 0.6) is 0 Å². The lowest BCUT2D eigenvalue weighted by Crippen LogP contribution is -2.04. The Morgan fingerprint density at radius 1 is 1.13 bits per heavy atom. The summed E-state index contributed by atoms with van der Waals surface area (Å²) in [6.07, 6.45) is 11.5. The fourth-order valence-corrected chi connectivity index (χ4v) is 1.99. The molecule has 0 heteroatoms. The van der Waals surface area contributed by atoms with Gasteiger partial charge in [-0.25, -0.2) is 0 Å². The van der Waals surface area contributed by atoms with Crippen LogP contribution in [0.3, 0.4) is 0 Å². The van der Waals surface area contributed by atoms with Crippen molar-refractivity contribution in [2.24, 2.45) is 5.92 Å². The molecule has 86 valence electrons. The molecule has 0 N–H and O–H groups in total. The highest BCUT2D eigenvalue weighted by molar-refractivity contribution is 5.38. The van der Waals surface area contributed by atoms with Crippen LogP contribution in [0, 0.1) is 5.92 Å². The van der Waals surface area contributed by atoms with Gasteiger partial charge in [-0.3, -0.25) is 0 Å². The van der Waals surface area contributed by atoms with E-state index >= 15 is 0 Å². The summed E-state index contributed by atoms with van der Waals surface area (Å²) < 4.78 is 0. The van der Waals surface area contributed by atoms with Gasteiger partial charge in [0.15, 0.2) is 0 Å². The van der Waals surface area contributed by atoms with E-state index in [4.69, 9.17) is 0 Å². The molecule has 0 radical (unpaired) electrons. The topological polar surface area (TPSA) is 0 Å². The maximum absolute atomic E-state index is 4.26. The van der Waals surface area contributed by atoms with Gasteiger partial charge < -0.3 is 0 Å². The summed E-state index contributed by atoms with van der Waals surface area (Å²) in [5, 5.41) is 0. The second kappa shape index (κ2) is 8.52. The first-order chi connectivity index (χ1) is 7.21. The second-order valence-electron chi connectivity index (χ2n) is 4.04. The molecule has 15 heavy (non-hydrogen) atoms. The van der Waals surface area contributed by atoms with E-state index in [1.165, 1.54) is 36.8 Å². The summed E-state index contributed by atoms with van der Waals surface area (Å²) >= 11 is 0. The molecule has 0 amide bonds. The highest BCUT2D eigenvalue weighted by Crippen LogP contribution is 2.27. The van der Waals surface area contributed by atoms with Crippen LogP contribution in [-0.4, -0.2) is 0 Å². The van der Waals surface area contributed by atoms with E-state index in [0.717, 1.165) is 0 Å². The Balaban J connectivity index is 4.59. The van der Waals surface area contributed by atoms with Gasteiger partial charge in [-0.2, -0.15) is 0 Å². The minimum Gasteiger partial charge on any atom is -0.0950 e. The van der Waals surface area contributed by atoms with E-state index in [-0.39, 0.29) is 0 Å². The van der Waals surface area contributed by atoms with Gasteiger partial charge in [0.25, 0.3) is 0 Å². The lowest BCUT2D eigenvalue weighted by atomic mass is 9.86. The second-order valence-corrected chi connectivity index (χ2v) is 4.04. The van der Waals surface area contributed by atoms with Crippen LogP contribution in [0.4, 0.5) is 0 Å². The zero-order valence-electron chi connectivity index (χ0n) is 10.8. The van der Waals surface area contributed by atoms with Gasteiger partial charge in [-0.15, -0.1) is 0 Å². The van der Waals surface area contributed by atoms with Crippen LogP contribution in [0.2, 0.25) is 0 Å². The summed E-state index contributed by atoms with van der Waals surface area (Å²) in [6, 6.07) is 0. The first-order valence-electron chi connectivity index (χ1n) is 6.19. The molecule has 0 aromatic rings. The summed E-state index contributed by atoms with van der Waals surface area (Å²) in [4.78, 5) is 0. The predicted octanol–water partition coefficient (Wildman–Crippen LogP) is 5.28. The first-order valence-corrected chi connectivity index (χ1v) is 6.19. The van der Waals surface area contributed by atoms with Crippen molar-refractivity contribution in [3.8, 4) is 0 Å². The Morgan fingerprint density at radius 2 is 1.67 bits per heavy atom. The van der Waals surface area contributed by atoms with Crippen molar-refractivity contribution in [1.82, 2.24) is 0 Å². The van der Waals surface area contributed by atoms with E-state index in [0.29, 0.717) is 5.92 Å². The summed E-state index contributed by atoms with van der Waals surface area (Å²) in [6.45, 7) is 12.9. The zero-order chi connectivity index (χ0) is 11.7. The van der Waals surface area contributed by atoms with Crippen LogP contribution >= 0.6 is 0 Å². The third-order valence-electron chi connectivity index (χ3n) is 2.80. The SMILES string of the molecule is C=C(C(/C=C\C)=C/C)C(CCC)CCC. The van der Waals surface area contributed by atoms with Gasteiger partial charge in [0.05, 0.1) is 0 Å². The van der Waals surface area contributed by atoms with Crippen LogP contribution in [0.15, 0.2) is 36.0 Å². The van der Waals surface area contributed by atoms with Crippen molar-refractivity contribution < 1.29 is 0 Å². The standard InChI is InChI=1S/C15H26/c1-6-10-14(9-4)13(5)15(11-7-2)12-8-3/h6,9-10,15H,5,7-8,11-12H2,1-4H3/b10-6-,14-9+. The number of hydrogen-bond acceptors (Lipinski definition) is 0. The third-order valence-corrected chi connectivity index (χ3v) is 2.80. The Morgan fingerprint density at radius 3 is 2.00 bits per heavy atom. The van der Waals surface area contributed by atoms with Crippen molar-refractivity contribution in [3.63, 3.8) is 0 Å². The molecule has 0 aliphatic carbocycles. The predicted molar refractivity (Wildman–Crippen MR) is 71.0 cm³/mol. The van der Waals surface area contributed by atoms with Gasteiger partial charge in [0, 0.05) is 0 Å². The molecule has 0 saturated carbocycles. The van der Waals surface area contributed by atoms with E-state index in [9.17, 15) is 0 Å². The minimum atomic E-state index is 0.669. The molecule has 0 saturated heterocycles. The molecule has 0 aromatic carbocycles. The van der Waals surface area contributed by atoms with Gasteiger partial charge in [-0.1, -0.05) is 51.5 Å². The van der Waals surface area contributed by atoms with Gasteiger partial charge in [0.2, 0.25) is 0 Å². The van der Waals surface area contributed by atoms with Crippen molar-refractivity contribution >= 4 is 0 Å². The molecular weight excluding hydrogens is 180 g/mol. The van der Waals surface area contributed by atoms with Crippen molar-refractivity contribution in [1.29, 1.82) is 0 Å². The maximum atomic E-state index is 4.26. The Hall–Kier alpha value is -0.780. The highest BCUT2D eigenvalue weighted by atomic mass is 14.2. The monoisotopic (exact) mass is 206 g/mol. The number of hydrogen-bond donors (Lipinski definition) is 0. The first kappa shape index (κ1) is 14.2. The molecule has 0 unspecified atom stereocenters. The molecule has 0 aromatic heterocycles. The molecule has 0 nitrogen and oxygen atoms in total. The average Bonchev–Trinajstić information content (AvgIpc) is 2.24. The normalized spacial score (nSPS) is 12.7. The van der Waals surface area contributed by atoms with Gasteiger partial charge >= 0.3 is 0 Å². The number of rotatable bonds is 7. The quantitative estimate of drug-likeness (QED) is 0.497. The lowest BCUT2D eigenvalue weighted by molar-refractivity contribution is 0.511. The fourth-order valence-electron chi connectivity index (χ4n) is 1.99.